The third kappa shape index (κ3) is 3.97. The summed E-state index contributed by atoms with van der Waals surface area (Å²) in [5, 5.41) is 6.53. The van der Waals surface area contributed by atoms with E-state index in [-0.39, 0.29) is 29.8 Å². The van der Waals surface area contributed by atoms with Crippen molar-refractivity contribution < 1.29 is 4.79 Å². The third-order valence-electron chi connectivity index (χ3n) is 4.37. The number of fused-ring (bicyclic) bond motifs is 1. The lowest BCUT2D eigenvalue weighted by Gasteiger charge is -2.32. The highest BCUT2D eigenvalue weighted by Gasteiger charge is 2.28. The van der Waals surface area contributed by atoms with Gasteiger partial charge in [0.1, 0.15) is 0 Å². The van der Waals surface area contributed by atoms with Gasteiger partial charge in [-0.05, 0) is 34.2 Å². The molecule has 3 rings (SSSR count). The smallest absolute Gasteiger partial charge is 0.251 e. The average Bonchev–Trinajstić information content (AvgIpc) is 2.99. The summed E-state index contributed by atoms with van der Waals surface area (Å²) in [7, 11) is 0. The molecule has 0 spiro atoms. The molecule has 0 saturated carbocycles. The Bertz CT molecular complexity index is 707. The SMILES string of the molecule is CC(C)(C)C(NC(=O)c1ccc2c(c1)CNC2)c1ccccc1.Cl. The molecule has 0 radical (unpaired) electrons. The van der Waals surface area contributed by atoms with Gasteiger partial charge in [-0.1, -0.05) is 57.2 Å². The highest BCUT2D eigenvalue weighted by atomic mass is 35.5. The number of carbonyl (C=O) groups excluding carboxylic acids is 1. The first-order valence-electron chi connectivity index (χ1n) is 8.13. The Hall–Kier alpha value is -1.84. The molecular weight excluding hydrogens is 320 g/mol. The van der Waals surface area contributed by atoms with Gasteiger partial charge in [0.25, 0.3) is 5.91 Å². The van der Waals surface area contributed by atoms with Gasteiger partial charge in [0, 0.05) is 18.7 Å². The monoisotopic (exact) mass is 344 g/mol. The maximum Gasteiger partial charge on any atom is 0.251 e. The van der Waals surface area contributed by atoms with Gasteiger partial charge in [0.05, 0.1) is 6.04 Å². The third-order valence-corrected chi connectivity index (χ3v) is 4.37. The van der Waals surface area contributed by atoms with Crippen LogP contribution in [0.25, 0.3) is 0 Å². The van der Waals surface area contributed by atoms with Crippen LogP contribution >= 0.6 is 12.4 Å². The minimum atomic E-state index is -0.0602. The molecule has 4 heteroatoms. The highest BCUT2D eigenvalue weighted by molar-refractivity contribution is 5.94. The fourth-order valence-corrected chi connectivity index (χ4v) is 3.10. The number of hydrogen-bond donors (Lipinski definition) is 2. The number of nitrogens with one attached hydrogen (secondary N) is 2. The average molecular weight is 345 g/mol. The summed E-state index contributed by atoms with van der Waals surface area (Å²) in [6.07, 6.45) is 0. The van der Waals surface area contributed by atoms with Crippen LogP contribution < -0.4 is 10.6 Å². The lowest BCUT2D eigenvalue weighted by atomic mass is 9.82. The minimum Gasteiger partial charge on any atom is -0.345 e. The van der Waals surface area contributed by atoms with Crippen molar-refractivity contribution in [2.45, 2.75) is 39.9 Å². The Kier molecular flexibility index (Phi) is 5.68. The number of halogens is 1. The maximum absolute atomic E-state index is 12.7. The molecule has 0 bridgehead atoms. The zero-order chi connectivity index (χ0) is 16.4. The first-order chi connectivity index (χ1) is 10.9. The molecule has 0 fully saturated rings. The van der Waals surface area contributed by atoms with Crippen molar-refractivity contribution in [2.75, 3.05) is 0 Å². The van der Waals surface area contributed by atoms with Gasteiger partial charge in [-0.25, -0.2) is 0 Å². The number of hydrogen-bond acceptors (Lipinski definition) is 2. The molecule has 128 valence electrons. The maximum atomic E-state index is 12.7. The van der Waals surface area contributed by atoms with Crippen molar-refractivity contribution in [3.63, 3.8) is 0 Å². The summed E-state index contributed by atoms with van der Waals surface area (Å²) in [6.45, 7) is 8.19. The van der Waals surface area contributed by atoms with Crippen molar-refractivity contribution in [1.29, 1.82) is 0 Å². The Morgan fingerprint density at radius 1 is 1.04 bits per heavy atom. The topological polar surface area (TPSA) is 41.1 Å². The molecule has 0 saturated heterocycles. The zero-order valence-electron chi connectivity index (χ0n) is 14.4. The van der Waals surface area contributed by atoms with Crippen LogP contribution in [0.1, 0.15) is 53.9 Å². The van der Waals surface area contributed by atoms with E-state index in [4.69, 9.17) is 0 Å². The number of carbonyl (C=O) groups is 1. The largest absolute Gasteiger partial charge is 0.345 e. The van der Waals surface area contributed by atoms with Gasteiger partial charge < -0.3 is 10.6 Å². The first-order valence-corrected chi connectivity index (χ1v) is 8.13. The molecule has 2 aromatic rings. The van der Waals surface area contributed by atoms with E-state index in [1.807, 2.05) is 30.3 Å². The molecule has 0 aromatic heterocycles. The van der Waals surface area contributed by atoms with Crippen molar-refractivity contribution in [3.05, 3.63) is 70.8 Å². The van der Waals surface area contributed by atoms with Crippen LogP contribution in [0.5, 0.6) is 0 Å². The molecule has 1 atom stereocenters. The van der Waals surface area contributed by atoms with Gasteiger partial charge in [-0.15, -0.1) is 12.4 Å². The van der Waals surface area contributed by atoms with Crippen LogP contribution in [-0.4, -0.2) is 5.91 Å². The van der Waals surface area contributed by atoms with Crippen LogP contribution in [0.2, 0.25) is 0 Å². The minimum absolute atomic E-state index is 0. The fraction of sp³-hybridized carbons (Fsp3) is 0.350. The lowest BCUT2D eigenvalue weighted by Crippen LogP contribution is -2.36. The van der Waals surface area contributed by atoms with Gasteiger partial charge >= 0.3 is 0 Å². The van der Waals surface area contributed by atoms with Gasteiger partial charge in [0.15, 0.2) is 0 Å². The van der Waals surface area contributed by atoms with Crippen LogP contribution in [0, 0.1) is 5.41 Å². The van der Waals surface area contributed by atoms with E-state index >= 15 is 0 Å². The summed E-state index contributed by atoms with van der Waals surface area (Å²) in [5.74, 6) is -0.0107. The van der Waals surface area contributed by atoms with Crippen molar-refractivity contribution in [2.24, 2.45) is 5.41 Å². The van der Waals surface area contributed by atoms with Crippen LogP contribution in [0.3, 0.4) is 0 Å². The lowest BCUT2D eigenvalue weighted by molar-refractivity contribution is 0.0901. The van der Waals surface area contributed by atoms with Gasteiger partial charge in [-0.3, -0.25) is 4.79 Å². The molecule has 1 heterocycles. The predicted molar refractivity (Wildman–Crippen MR) is 100 cm³/mol. The molecule has 2 aromatic carbocycles. The van der Waals surface area contributed by atoms with Crippen molar-refractivity contribution in [3.8, 4) is 0 Å². The number of benzene rings is 2. The molecule has 2 N–H and O–H groups in total. The van der Waals surface area contributed by atoms with Crippen LogP contribution in [0.15, 0.2) is 48.5 Å². The van der Waals surface area contributed by atoms with Crippen molar-refractivity contribution in [1.82, 2.24) is 10.6 Å². The predicted octanol–water partition coefficient (Wildman–Crippen LogP) is 4.23. The second-order valence-corrected chi connectivity index (χ2v) is 7.27. The van der Waals surface area contributed by atoms with Gasteiger partial charge in [-0.2, -0.15) is 0 Å². The Balaban J connectivity index is 0.00000208. The standard InChI is InChI=1S/C20H24N2O.ClH/c1-20(2,3)18(14-7-5-4-6-8-14)22-19(23)15-9-10-16-12-21-13-17(16)11-15;/h4-11,18,21H,12-13H2,1-3H3,(H,22,23);1H. The molecule has 3 nitrogen and oxygen atoms in total. The number of rotatable bonds is 3. The molecular formula is C20H25ClN2O. The zero-order valence-corrected chi connectivity index (χ0v) is 15.2. The molecule has 24 heavy (non-hydrogen) atoms. The molecule has 1 amide bonds. The second-order valence-electron chi connectivity index (χ2n) is 7.27. The summed E-state index contributed by atoms with van der Waals surface area (Å²) >= 11 is 0. The Morgan fingerprint density at radius 3 is 2.38 bits per heavy atom. The highest BCUT2D eigenvalue weighted by Crippen LogP contribution is 2.33. The molecule has 1 unspecified atom stereocenters. The van der Waals surface area contributed by atoms with E-state index in [1.54, 1.807) is 0 Å². The summed E-state index contributed by atoms with van der Waals surface area (Å²) in [4.78, 5) is 12.7. The normalized spacial score (nSPS) is 14.5. The summed E-state index contributed by atoms with van der Waals surface area (Å²) in [5.41, 5.74) is 4.32. The van der Waals surface area contributed by atoms with E-state index < -0.39 is 0 Å². The molecule has 1 aliphatic heterocycles. The van der Waals surface area contributed by atoms with E-state index in [2.05, 4.69) is 49.6 Å². The Morgan fingerprint density at radius 2 is 1.71 bits per heavy atom. The summed E-state index contributed by atoms with van der Waals surface area (Å²) < 4.78 is 0. The summed E-state index contributed by atoms with van der Waals surface area (Å²) in [6, 6.07) is 16.1. The molecule has 1 aliphatic rings. The van der Waals surface area contributed by atoms with E-state index in [0.717, 1.165) is 24.2 Å². The quantitative estimate of drug-likeness (QED) is 0.874. The first kappa shape index (κ1) is 18.5. The van der Waals surface area contributed by atoms with Crippen molar-refractivity contribution >= 4 is 18.3 Å². The van der Waals surface area contributed by atoms with Crippen LogP contribution in [0.4, 0.5) is 0 Å². The van der Waals surface area contributed by atoms with E-state index in [0.29, 0.717) is 0 Å². The van der Waals surface area contributed by atoms with Crippen LogP contribution in [-0.2, 0) is 13.1 Å². The number of amides is 1. The Labute approximate surface area is 150 Å². The van der Waals surface area contributed by atoms with Gasteiger partial charge in [0.2, 0.25) is 0 Å². The fourth-order valence-electron chi connectivity index (χ4n) is 3.10. The second kappa shape index (κ2) is 7.37. The molecule has 0 aliphatic carbocycles. The van der Waals surface area contributed by atoms with E-state index in [1.165, 1.54) is 11.1 Å². The van der Waals surface area contributed by atoms with E-state index in [9.17, 15) is 4.79 Å².